The Morgan fingerprint density at radius 1 is 1.00 bits per heavy atom. The summed E-state index contributed by atoms with van der Waals surface area (Å²) in [5.41, 5.74) is 3.06. The van der Waals surface area contributed by atoms with E-state index in [-0.39, 0.29) is 12.4 Å². The van der Waals surface area contributed by atoms with Gasteiger partial charge in [-0.05, 0) is 29.7 Å². The van der Waals surface area contributed by atoms with Crippen LogP contribution < -0.4 is 4.90 Å². The molecule has 0 aliphatic carbocycles. The van der Waals surface area contributed by atoms with Gasteiger partial charge in [0.25, 0.3) is 0 Å². The third-order valence-corrected chi connectivity index (χ3v) is 3.83. The molecule has 0 spiro atoms. The Bertz CT molecular complexity index is 718. The van der Waals surface area contributed by atoms with Crippen molar-refractivity contribution in [2.75, 3.05) is 25.6 Å². The summed E-state index contributed by atoms with van der Waals surface area (Å²) < 4.78 is 5.15. The van der Waals surface area contributed by atoms with Crippen molar-refractivity contribution in [3.8, 4) is 0 Å². The smallest absolute Gasteiger partial charge is 0.338 e. The zero-order valence-electron chi connectivity index (χ0n) is 14.6. The molecular weight excluding hydrogens is 302 g/mol. The number of nitrogens with zero attached hydrogens (tertiary/aromatic N) is 1. The van der Waals surface area contributed by atoms with Crippen LogP contribution in [0.2, 0.25) is 0 Å². The molecule has 2 aromatic carbocycles. The van der Waals surface area contributed by atoms with Gasteiger partial charge in [0.15, 0.2) is 12.4 Å². The summed E-state index contributed by atoms with van der Waals surface area (Å²) in [6.45, 7) is 3.94. The van der Waals surface area contributed by atoms with Crippen molar-refractivity contribution in [2.45, 2.75) is 19.8 Å². The van der Waals surface area contributed by atoms with E-state index in [1.54, 1.807) is 30.3 Å². The first-order chi connectivity index (χ1) is 11.4. The van der Waals surface area contributed by atoms with Crippen LogP contribution in [0, 0.1) is 0 Å². The first kappa shape index (κ1) is 17.7. The summed E-state index contributed by atoms with van der Waals surface area (Å²) in [6, 6.07) is 14.5. The zero-order chi connectivity index (χ0) is 17.7. The van der Waals surface area contributed by atoms with Gasteiger partial charge in [-0.25, -0.2) is 4.79 Å². The summed E-state index contributed by atoms with van der Waals surface area (Å²) in [5.74, 6) is -0.288. The number of ketones is 1. The van der Waals surface area contributed by atoms with Gasteiger partial charge in [0.2, 0.25) is 0 Å². The van der Waals surface area contributed by atoms with Gasteiger partial charge in [-0.3, -0.25) is 4.79 Å². The highest BCUT2D eigenvalue weighted by molar-refractivity contribution is 5.99. The predicted octanol–water partition coefficient (Wildman–Crippen LogP) is 3.92. The number of carbonyl (C=O) groups is 2. The highest BCUT2D eigenvalue weighted by Gasteiger charge is 2.13. The molecule has 4 nitrogen and oxygen atoms in total. The van der Waals surface area contributed by atoms with Gasteiger partial charge >= 0.3 is 5.97 Å². The van der Waals surface area contributed by atoms with E-state index in [2.05, 4.69) is 13.8 Å². The maximum atomic E-state index is 12.2. The summed E-state index contributed by atoms with van der Waals surface area (Å²) in [4.78, 5) is 26.2. The van der Waals surface area contributed by atoms with E-state index in [9.17, 15) is 9.59 Å². The Morgan fingerprint density at radius 2 is 1.67 bits per heavy atom. The maximum absolute atomic E-state index is 12.2. The van der Waals surface area contributed by atoms with Crippen LogP contribution in [0.4, 0.5) is 5.69 Å². The van der Waals surface area contributed by atoms with E-state index >= 15 is 0 Å². The number of Topliss-reactive ketones (excluding diaryl/α,β-unsaturated/α-hetero) is 1. The predicted molar refractivity (Wildman–Crippen MR) is 95.9 cm³/mol. The molecule has 0 fully saturated rings. The number of hydrogen-bond acceptors (Lipinski definition) is 4. The molecule has 2 aromatic rings. The Balaban J connectivity index is 1.98. The summed E-state index contributed by atoms with van der Waals surface area (Å²) in [6.07, 6.45) is 0. The lowest BCUT2D eigenvalue weighted by Crippen LogP contribution is -2.15. The number of rotatable bonds is 6. The second-order valence-electron chi connectivity index (χ2n) is 6.22. The molecule has 0 aromatic heterocycles. The summed E-state index contributed by atoms with van der Waals surface area (Å²) in [5, 5.41) is 0. The van der Waals surface area contributed by atoms with E-state index in [0.29, 0.717) is 17.0 Å². The summed E-state index contributed by atoms with van der Waals surface area (Å²) >= 11 is 0. The van der Waals surface area contributed by atoms with Gasteiger partial charge in [0.1, 0.15) is 0 Å². The lowest BCUT2D eigenvalue weighted by Gasteiger charge is -2.13. The highest BCUT2D eigenvalue weighted by atomic mass is 16.5. The SMILES string of the molecule is CC(C)c1ccc(C(=O)COC(=O)c2cccc(N(C)C)c2)cc1. The van der Waals surface area contributed by atoms with Gasteiger partial charge in [0, 0.05) is 25.3 Å². The largest absolute Gasteiger partial charge is 0.454 e. The molecule has 0 saturated carbocycles. The van der Waals surface area contributed by atoms with Gasteiger partial charge in [-0.2, -0.15) is 0 Å². The highest BCUT2D eigenvalue weighted by Crippen LogP contribution is 2.16. The first-order valence-corrected chi connectivity index (χ1v) is 7.96. The standard InChI is InChI=1S/C20H23NO3/c1-14(2)15-8-10-16(11-9-15)19(22)13-24-20(23)17-6-5-7-18(12-17)21(3)4/h5-12,14H,13H2,1-4H3. The van der Waals surface area contributed by atoms with E-state index < -0.39 is 5.97 Å². The monoisotopic (exact) mass is 325 g/mol. The van der Waals surface area contributed by atoms with Crippen molar-refractivity contribution in [1.82, 2.24) is 0 Å². The van der Waals surface area contributed by atoms with Crippen LogP contribution in [0.25, 0.3) is 0 Å². The van der Waals surface area contributed by atoms with Crippen molar-refractivity contribution < 1.29 is 14.3 Å². The first-order valence-electron chi connectivity index (χ1n) is 7.96. The van der Waals surface area contributed by atoms with E-state index in [1.807, 2.05) is 37.2 Å². The van der Waals surface area contributed by atoms with Gasteiger partial charge < -0.3 is 9.64 Å². The van der Waals surface area contributed by atoms with E-state index in [1.165, 1.54) is 5.56 Å². The molecule has 4 heteroatoms. The van der Waals surface area contributed by atoms with Crippen LogP contribution in [-0.2, 0) is 4.74 Å². The van der Waals surface area contributed by atoms with Crippen molar-refractivity contribution in [1.29, 1.82) is 0 Å². The van der Waals surface area contributed by atoms with Gasteiger partial charge in [-0.1, -0.05) is 44.2 Å². The third kappa shape index (κ3) is 4.44. The van der Waals surface area contributed by atoms with Crippen LogP contribution in [0.3, 0.4) is 0 Å². The lowest BCUT2D eigenvalue weighted by molar-refractivity contribution is 0.0475. The molecule has 0 aliphatic heterocycles. The third-order valence-electron chi connectivity index (χ3n) is 3.83. The van der Waals surface area contributed by atoms with Crippen LogP contribution in [0.5, 0.6) is 0 Å². The normalized spacial score (nSPS) is 10.5. The maximum Gasteiger partial charge on any atom is 0.338 e. The number of hydrogen-bond donors (Lipinski definition) is 0. The van der Waals surface area contributed by atoms with Crippen molar-refractivity contribution in [3.63, 3.8) is 0 Å². The van der Waals surface area contributed by atoms with Crippen LogP contribution in [0.15, 0.2) is 48.5 Å². The molecular formula is C20H23NO3. The van der Waals surface area contributed by atoms with E-state index in [4.69, 9.17) is 4.74 Å². The molecule has 2 rings (SSSR count). The number of benzene rings is 2. The Hall–Kier alpha value is -2.62. The van der Waals surface area contributed by atoms with Gasteiger partial charge in [-0.15, -0.1) is 0 Å². The van der Waals surface area contributed by atoms with Crippen LogP contribution in [-0.4, -0.2) is 32.5 Å². The molecule has 0 N–H and O–H groups in total. The minimum atomic E-state index is -0.495. The molecule has 0 unspecified atom stereocenters. The molecule has 0 radical (unpaired) electrons. The molecule has 0 aliphatic rings. The zero-order valence-corrected chi connectivity index (χ0v) is 14.6. The van der Waals surface area contributed by atoms with Crippen molar-refractivity contribution in [2.24, 2.45) is 0 Å². The van der Waals surface area contributed by atoms with Gasteiger partial charge in [0.05, 0.1) is 5.56 Å². The number of carbonyl (C=O) groups excluding carboxylic acids is 2. The molecule has 0 amide bonds. The summed E-state index contributed by atoms with van der Waals surface area (Å²) in [7, 11) is 3.80. The molecule has 126 valence electrons. The van der Waals surface area contributed by atoms with E-state index in [0.717, 1.165) is 5.69 Å². The average molecular weight is 325 g/mol. The fraction of sp³-hybridized carbons (Fsp3) is 0.300. The lowest BCUT2D eigenvalue weighted by atomic mass is 10.0. The average Bonchev–Trinajstić information content (AvgIpc) is 2.59. The second-order valence-corrected chi connectivity index (χ2v) is 6.22. The number of anilines is 1. The molecule has 0 atom stereocenters. The number of ether oxygens (including phenoxy) is 1. The second kappa shape index (κ2) is 7.77. The molecule has 24 heavy (non-hydrogen) atoms. The van der Waals surface area contributed by atoms with Crippen LogP contribution >= 0.6 is 0 Å². The quantitative estimate of drug-likeness (QED) is 0.596. The molecule has 0 saturated heterocycles. The number of esters is 1. The fourth-order valence-electron chi connectivity index (χ4n) is 2.26. The topological polar surface area (TPSA) is 46.6 Å². The Morgan fingerprint density at radius 3 is 2.25 bits per heavy atom. The van der Waals surface area contributed by atoms with Crippen LogP contribution in [0.1, 0.15) is 46.0 Å². The fourth-order valence-corrected chi connectivity index (χ4v) is 2.26. The van der Waals surface area contributed by atoms with Crippen molar-refractivity contribution >= 4 is 17.4 Å². The molecule has 0 bridgehead atoms. The Kier molecular flexibility index (Phi) is 5.74. The minimum Gasteiger partial charge on any atom is -0.454 e. The molecule has 0 heterocycles. The minimum absolute atomic E-state index is 0.206. The van der Waals surface area contributed by atoms with Crippen molar-refractivity contribution in [3.05, 3.63) is 65.2 Å². The Labute approximate surface area is 143 Å².